The van der Waals surface area contributed by atoms with Crippen LogP contribution in [0, 0.1) is 0 Å². The summed E-state index contributed by atoms with van der Waals surface area (Å²) in [6, 6.07) is 26.2. The molecular weight excluding hydrogens is 352 g/mol. The van der Waals surface area contributed by atoms with Gasteiger partial charge in [0.15, 0.2) is 4.80 Å². The summed E-state index contributed by atoms with van der Waals surface area (Å²) in [5.74, 6) is -0.210. The highest BCUT2D eigenvalue weighted by molar-refractivity contribution is 7.16. The molecule has 27 heavy (non-hydrogen) atoms. The zero-order chi connectivity index (χ0) is 18.4. The molecule has 5 aromatic rings. The standard InChI is InChI=1S/C23H16N2OS/c1-25-21-18-11-5-3-8-16(18)13-14-20(21)27-23(25)24-22(26)19-12-6-9-15-7-2-4-10-17(15)19/h2-14H,1H3. The molecule has 0 aliphatic carbocycles. The molecule has 0 radical (unpaired) electrons. The number of rotatable bonds is 1. The minimum absolute atomic E-state index is 0.210. The topological polar surface area (TPSA) is 34.4 Å². The highest BCUT2D eigenvalue weighted by Gasteiger charge is 2.11. The summed E-state index contributed by atoms with van der Waals surface area (Å²) in [5.41, 5.74) is 1.75. The average molecular weight is 368 g/mol. The molecule has 0 unspecified atom stereocenters. The predicted molar refractivity (Wildman–Crippen MR) is 112 cm³/mol. The molecule has 0 atom stereocenters. The number of nitrogens with zero attached hydrogens (tertiary/aromatic N) is 2. The molecule has 5 rings (SSSR count). The van der Waals surface area contributed by atoms with Crippen molar-refractivity contribution < 1.29 is 4.79 Å². The first-order valence-electron chi connectivity index (χ1n) is 8.76. The van der Waals surface area contributed by atoms with E-state index >= 15 is 0 Å². The highest BCUT2D eigenvalue weighted by atomic mass is 32.1. The highest BCUT2D eigenvalue weighted by Crippen LogP contribution is 2.26. The summed E-state index contributed by atoms with van der Waals surface area (Å²) in [6.07, 6.45) is 0. The molecular formula is C23H16N2OS. The summed E-state index contributed by atoms with van der Waals surface area (Å²) in [7, 11) is 1.97. The van der Waals surface area contributed by atoms with E-state index in [0.29, 0.717) is 10.4 Å². The Balaban J connectivity index is 1.73. The number of carbonyl (C=O) groups excluding carboxylic acids is 1. The number of amides is 1. The molecule has 1 amide bonds. The van der Waals surface area contributed by atoms with Gasteiger partial charge in [0, 0.05) is 18.0 Å². The molecule has 1 aromatic heterocycles. The second-order valence-corrected chi connectivity index (χ2v) is 7.53. The maximum Gasteiger partial charge on any atom is 0.280 e. The second kappa shape index (κ2) is 6.18. The molecule has 4 heteroatoms. The van der Waals surface area contributed by atoms with Crippen LogP contribution in [0.1, 0.15) is 10.4 Å². The number of hydrogen-bond acceptors (Lipinski definition) is 2. The lowest BCUT2D eigenvalue weighted by Crippen LogP contribution is -2.13. The normalized spacial score (nSPS) is 12.3. The van der Waals surface area contributed by atoms with Crippen LogP contribution in [-0.4, -0.2) is 10.5 Å². The van der Waals surface area contributed by atoms with E-state index in [4.69, 9.17) is 0 Å². The summed E-state index contributed by atoms with van der Waals surface area (Å²) in [5, 5.41) is 4.34. The smallest absolute Gasteiger partial charge is 0.280 e. The maximum atomic E-state index is 12.9. The number of thiazole rings is 1. The van der Waals surface area contributed by atoms with Crippen molar-refractivity contribution in [1.29, 1.82) is 0 Å². The molecule has 0 N–H and O–H groups in total. The van der Waals surface area contributed by atoms with Gasteiger partial charge in [-0.1, -0.05) is 78.1 Å². The third-order valence-electron chi connectivity index (χ3n) is 4.90. The molecule has 0 bridgehead atoms. The lowest BCUT2D eigenvalue weighted by atomic mass is 10.0. The van der Waals surface area contributed by atoms with Gasteiger partial charge in [0.1, 0.15) is 0 Å². The van der Waals surface area contributed by atoms with E-state index in [0.717, 1.165) is 21.0 Å². The number of benzene rings is 4. The number of hydrogen-bond donors (Lipinski definition) is 0. The van der Waals surface area contributed by atoms with Crippen molar-refractivity contribution in [2.75, 3.05) is 0 Å². The van der Waals surface area contributed by atoms with Crippen LogP contribution in [0.4, 0.5) is 0 Å². The van der Waals surface area contributed by atoms with Crippen molar-refractivity contribution in [3.05, 3.63) is 89.2 Å². The first-order valence-corrected chi connectivity index (χ1v) is 9.58. The average Bonchev–Trinajstić information content (AvgIpc) is 3.03. The van der Waals surface area contributed by atoms with Gasteiger partial charge in [0.25, 0.3) is 5.91 Å². The van der Waals surface area contributed by atoms with E-state index in [-0.39, 0.29) is 5.91 Å². The summed E-state index contributed by atoms with van der Waals surface area (Å²) in [6.45, 7) is 0. The molecule has 0 fully saturated rings. The Morgan fingerprint density at radius 3 is 2.30 bits per heavy atom. The van der Waals surface area contributed by atoms with Crippen molar-refractivity contribution >= 4 is 49.0 Å². The van der Waals surface area contributed by atoms with E-state index in [9.17, 15) is 4.79 Å². The summed E-state index contributed by atoms with van der Waals surface area (Å²) < 4.78 is 3.14. The molecule has 130 valence electrons. The fourth-order valence-electron chi connectivity index (χ4n) is 3.58. The second-order valence-electron chi connectivity index (χ2n) is 6.52. The Kier molecular flexibility index (Phi) is 3.66. The third kappa shape index (κ3) is 2.57. The minimum atomic E-state index is -0.210. The van der Waals surface area contributed by atoms with Crippen molar-refractivity contribution in [2.24, 2.45) is 12.0 Å². The van der Waals surface area contributed by atoms with Gasteiger partial charge in [-0.15, -0.1) is 0 Å². The molecule has 3 nitrogen and oxygen atoms in total. The predicted octanol–water partition coefficient (Wildman–Crippen LogP) is 5.29. The van der Waals surface area contributed by atoms with E-state index in [1.807, 2.05) is 66.2 Å². The number of aromatic nitrogens is 1. The van der Waals surface area contributed by atoms with Crippen LogP contribution in [0.5, 0.6) is 0 Å². The molecule has 4 aromatic carbocycles. The van der Waals surface area contributed by atoms with Gasteiger partial charge in [-0.3, -0.25) is 4.79 Å². The summed E-state index contributed by atoms with van der Waals surface area (Å²) in [4.78, 5) is 18.1. The Bertz CT molecular complexity index is 1400. The van der Waals surface area contributed by atoms with Gasteiger partial charge in [-0.05, 0) is 28.3 Å². The van der Waals surface area contributed by atoms with E-state index in [2.05, 4.69) is 29.3 Å². The largest absolute Gasteiger partial charge is 0.319 e. The van der Waals surface area contributed by atoms with Gasteiger partial charge in [0.2, 0.25) is 0 Å². The zero-order valence-corrected chi connectivity index (χ0v) is 15.5. The van der Waals surface area contributed by atoms with Crippen molar-refractivity contribution in [3.8, 4) is 0 Å². The van der Waals surface area contributed by atoms with E-state index < -0.39 is 0 Å². The molecule has 0 aliphatic heterocycles. The molecule has 0 saturated carbocycles. The first kappa shape index (κ1) is 16.0. The maximum absolute atomic E-state index is 12.9. The number of fused-ring (bicyclic) bond motifs is 4. The number of carbonyl (C=O) groups is 1. The van der Waals surface area contributed by atoms with Crippen molar-refractivity contribution in [2.45, 2.75) is 0 Å². The zero-order valence-electron chi connectivity index (χ0n) is 14.7. The van der Waals surface area contributed by atoms with Gasteiger partial charge in [-0.25, -0.2) is 0 Å². The third-order valence-corrected chi connectivity index (χ3v) is 6.00. The Hall–Kier alpha value is -3.24. The van der Waals surface area contributed by atoms with Crippen LogP contribution in [0.15, 0.2) is 83.9 Å². The van der Waals surface area contributed by atoms with Crippen LogP contribution < -0.4 is 4.80 Å². The Morgan fingerprint density at radius 1 is 0.815 bits per heavy atom. The minimum Gasteiger partial charge on any atom is -0.319 e. The van der Waals surface area contributed by atoms with Crippen molar-refractivity contribution in [1.82, 2.24) is 4.57 Å². The van der Waals surface area contributed by atoms with Crippen LogP contribution in [-0.2, 0) is 7.05 Å². The van der Waals surface area contributed by atoms with Crippen molar-refractivity contribution in [3.63, 3.8) is 0 Å². The molecule has 0 saturated heterocycles. The van der Waals surface area contributed by atoms with E-state index in [1.54, 1.807) is 11.3 Å². The molecule has 0 spiro atoms. The van der Waals surface area contributed by atoms with Crippen LogP contribution in [0.25, 0.3) is 31.8 Å². The fraction of sp³-hybridized carbons (Fsp3) is 0.0435. The SMILES string of the molecule is Cn1c(=NC(=O)c2cccc3ccccc23)sc2ccc3ccccc3c21. The number of aryl methyl sites for hydroxylation is 1. The lowest BCUT2D eigenvalue weighted by Gasteiger charge is -2.03. The van der Waals surface area contributed by atoms with Gasteiger partial charge < -0.3 is 4.57 Å². The molecule has 1 heterocycles. The van der Waals surface area contributed by atoms with Crippen LogP contribution in [0.3, 0.4) is 0 Å². The first-order chi connectivity index (χ1) is 13.2. The Labute approximate surface area is 159 Å². The van der Waals surface area contributed by atoms with Gasteiger partial charge >= 0.3 is 0 Å². The van der Waals surface area contributed by atoms with Gasteiger partial charge in [0.05, 0.1) is 10.2 Å². The van der Waals surface area contributed by atoms with Gasteiger partial charge in [-0.2, -0.15) is 4.99 Å². The lowest BCUT2D eigenvalue weighted by molar-refractivity contribution is 0.0999. The fourth-order valence-corrected chi connectivity index (χ4v) is 4.62. The summed E-state index contributed by atoms with van der Waals surface area (Å²) >= 11 is 1.54. The van der Waals surface area contributed by atoms with Crippen LogP contribution in [0.2, 0.25) is 0 Å². The molecule has 0 aliphatic rings. The quantitative estimate of drug-likeness (QED) is 0.396. The Morgan fingerprint density at radius 2 is 1.48 bits per heavy atom. The van der Waals surface area contributed by atoms with Crippen LogP contribution >= 0.6 is 11.3 Å². The monoisotopic (exact) mass is 368 g/mol. The van der Waals surface area contributed by atoms with E-state index in [1.165, 1.54) is 10.8 Å².